The Bertz CT molecular complexity index is 154. The van der Waals surface area contributed by atoms with Gasteiger partial charge < -0.3 is 0 Å². The molecule has 50 valence electrons. The van der Waals surface area contributed by atoms with Gasteiger partial charge in [0.05, 0.1) is 0 Å². The van der Waals surface area contributed by atoms with E-state index in [1.165, 1.54) is 0 Å². The summed E-state index contributed by atoms with van der Waals surface area (Å²) in [4.78, 5) is 0. The summed E-state index contributed by atoms with van der Waals surface area (Å²) >= 11 is 6.62. The van der Waals surface area contributed by atoms with Crippen LogP contribution in [0.15, 0.2) is 33.8 Å². The molecule has 0 aliphatic carbocycles. The maximum Gasteiger partial charge on any atom is 0.0180 e. The lowest BCUT2D eigenvalue weighted by Crippen LogP contribution is -1.62. The summed E-state index contributed by atoms with van der Waals surface area (Å²) in [7, 11) is 0. The fourth-order valence-corrected chi connectivity index (χ4v) is 1.07. The van der Waals surface area contributed by atoms with Crippen LogP contribution >= 0.6 is 31.9 Å². The monoisotopic (exact) mass is 250 g/mol. The first-order chi connectivity index (χ1) is 4.20. The molecule has 0 aromatic rings. The van der Waals surface area contributed by atoms with Gasteiger partial charge in [0.1, 0.15) is 0 Å². The molecule has 0 heterocycles. The van der Waals surface area contributed by atoms with E-state index < -0.39 is 0 Å². The minimum absolute atomic E-state index is 0.979. The van der Waals surface area contributed by atoms with Crippen LogP contribution in [-0.4, -0.2) is 0 Å². The first-order valence-electron chi connectivity index (χ1n) is 2.52. The third kappa shape index (κ3) is 4.67. The highest BCUT2D eigenvalue weighted by Gasteiger charge is 1.83. The van der Waals surface area contributed by atoms with Crippen molar-refractivity contribution in [1.82, 2.24) is 0 Å². The highest BCUT2D eigenvalue weighted by atomic mass is 79.9. The van der Waals surface area contributed by atoms with E-state index in [2.05, 4.69) is 38.4 Å². The number of hydrogen-bond acceptors (Lipinski definition) is 0. The third-order valence-electron chi connectivity index (χ3n) is 0.747. The van der Waals surface area contributed by atoms with E-state index >= 15 is 0 Å². The molecule has 0 aromatic carbocycles. The summed E-state index contributed by atoms with van der Waals surface area (Å²) in [6, 6.07) is 0. The van der Waals surface area contributed by atoms with E-state index in [4.69, 9.17) is 0 Å². The lowest BCUT2D eigenvalue weighted by Gasteiger charge is -1.86. The second-order valence-electron chi connectivity index (χ2n) is 1.41. The zero-order valence-corrected chi connectivity index (χ0v) is 8.37. The van der Waals surface area contributed by atoms with Crippen molar-refractivity contribution in [2.45, 2.75) is 6.92 Å². The molecule has 0 aromatic heterocycles. The predicted molar refractivity (Wildman–Crippen MR) is 49.9 cm³/mol. The molecule has 0 saturated carbocycles. The van der Waals surface area contributed by atoms with Crippen LogP contribution in [0.25, 0.3) is 0 Å². The van der Waals surface area contributed by atoms with Crippen LogP contribution in [0.1, 0.15) is 6.92 Å². The molecule has 2 heteroatoms. The van der Waals surface area contributed by atoms with E-state index in [1.54, 1.807) is 6.08 Å². The second-order valence-corrected chi connectivity index (χ2v) is 3.24. The van der Waals surface area contributed by atoms with E-state index in [0.717, 1.165) is 8.96 Å². The summed E-state index contributed by atoms with van der Waals surface area (Å²) in [5.41, 5.74) is 0. The lowest BCUT2D eigenvalue weighted by atomic mass is 10.4. The summed E-state index contributed by atoms with van der Waals surface area (Å²) in [5, 5.41) is 0. The van der Waals surface area contributed by atoms with Crippen molar-refractivity contribution in [2.75, 3.05) is 0 Å². The van der Waals surface area contributed by atoms with Gasteiger partial charge in [0.15, 0.2) is 0 Å². The Morgan fingerprint density at radius 3 is 2.22 bits per heavy atom. The first-order valence-corrected chi connectivity index (χ1v) is 4.10. The maximum absolute atomic E-state index is 3.58. The Kier molecular flexibility index (Phi) is 5.10. The molecule has 0 amide bonds. The highest BCUT2D eigenvalue weighted by Crippen LogP contribution is 2.14. The summed E-state index contributed by atoms with van der Waals surface area (Å²) in [6.45, 7) is 5.55. The van der Waals surface area contributed by atoms with Gasteiger partial charge in [-0.15, -0.1) is 0 Å². The average Bonchev–Trinajstić information content (AvgIpc) is 1.87. The van der Waals surface area contributed by atoms with Crippen LogP contribution in [0.3, 0.4) is 0 Å². The summed E-state index contributed by atoms with van der Waals surface area (Å²) < 4.78 is 2.03. The zero-order valence-electron chi connectivity index (χ0n) is 5.20. The second kappa shape index (κ2) is 5.00. The number of allylic oxidation sites excluding steroid dienone is 5. The van der Waals surface area contributed by atoms with Gasteiger partial charge in [-0.1, -0.05) is 50.6 Å². The third-order valence-corrected chi connectivity index (χ3v) is 1.99. The molecule has 0 fully saturated rings. The molecular formula is C7H8Br2. The molecule has 0 rings (SSSR count). The largest absolute Gasteiger partial charge is 0.0979 e. The lowest BCUT2D eigenvalue weighted by molar-refractivity contribution is 1.71. The topological polar surface area (TPSA) is 0 Å². The molecule has 0 N–H and O–H groups in total. The summed E-state index contributed by atoms with van der Waals surface area (Å²) in [5.74, 6) is 0. The van der Waals surface area contributed by atoms with Crippen LogP contribution in [0.5, 0.6) is 0 Å². The predicted octanol–water partition coefficient (Wildman–Crippen LogP) is 3.75. The van der Waals surface area contributed by atoms with Crippen LogP contribution in [-0.2, 0) is 0 Å². The molecular weight excluding hydrogens is 244 g/mol. The molecule has 0 atom stereocenters. The number of rotatable bonds is 2. The normalized spacial score (nSPS) is 13.7. The quantitative estimate of drug-likeness (QED) is 0.656. The van der Waals surface area contributed by atoms with Gasteiger partial charge >= 0.3 is 0 Å². The summed E-state index contributed by atoms with van der Waals surface area (Å²) in [6.07, 6.45) is 5.64. The SMILES string of the molecule is C=C/C(Br)=C\C(Br)=C/C. The average molecular weight is 252 g/mol. The molecule has 9 heavy (non-hydrogen) atoms. The highest BCUT2D eigenvalue weighted by molar-refractivity contribution is 9.12. The van der Waals surface area contributed by atoms with Gasteiger partial charge in [-0.2, -0.15) is 0 Å². The Morgan fingerprint density at radius 2 is 1.89 bits per heavy atom. The molecule has 0 spiro atoms. The fourth-order valence-electron chi connectivity index (χ4n) is 0.274. The molecule has 0 nitrogen and oxygen atoms in total. The number of halogens is 2. The molecule has 0 aliphatic heterocycles. The van der Waals surface area contributed by atoms with Gasteiger partial charge in [-0.3, -0.25) is 0 Å². The van der Waals surface area contributed by atoms with E-state index in [9.17, 15) is 0 Å². The van der Waals surface area contributed by atoms with Crippen molar-refractivity contribution in [3.63, 3.8) is 0 Å². The molecule has 0 aliphatic rings. The number of hydrogen-bond donors (Lipinski definition) is 0. The molecule has 0 unspecified atom stereocenters. The molecule has 0 saturated heterocycles. The minimum Gasteiger partial charge on any atom is -0.0979 e. The van der Waals surface area contributed by atoms with Crippen LogP contribution < -0.4 is 0 Å². The van der Waals surface area contributed by atoms with Crippen molar-refractivity contribution in [3.8, 4) is 0 Å². The van der Waals surface area contributed by atoms with Crippen molar-refractivity contribution in [1.29, 1.82) is 0 Å². The van der Waals surface area contributed by atoms with Gasteiger partial charge in [0, 0.05) is 8.96 Å². The fraction of sp³-hybridized carbons (Fsp3) is 0.143. The minimum atomic E-state index is 0.979. The Hall–Kier alpha value is 0.180. The molecule has 0 bridgehead atoms. The Morgan fingerprint density at radius 1 is 1.33 bits per heavy atom. The van der Waals surface area contributed by atoms with Crippen molar-refractivity contribution < 1.29 is 0 Å². The first kappa shape index (κ1) is 9.18. The van der Waals surface area contributed by atoms with Crippen molar-refractivity contribution in [3.05, 3.63) is 33.8 Å². The van der Waals surface area contributed by atoms with Gasteiger partial charge in [0.2, 0.25) is 0 Å². The Balaban J connectivity index is 4.11. The van der Waals surface area contributed by atoms with Gasteiger partial charge in [-0.25, -0.2) is 0 Å². The Labute approximate surface area is 72.6 Å². The van der Waals surface area contributed by atoms with E-state index in [-0.39, 0.29) is 0 Å². The van der Waals surface area contributed by atoms with Crippen molar-refractivity contribution >= 4 is 31.9 Å². The van der Waals surface area contributed by atoms with E-state index in [1.807, 2.05) is 19.1 Å². The maximum atomic E-state index is 3.58. The smallest absolute Gasteiger partial charge is 0.0180 e. The van der Waals surface area contributed by atoms with Crippen LogP contribution in [0, 0.1) is 0 Å². The van der Waals surface area contributed by atoms with Gasteiger partial charge in [0.25, 0.3) is 0 Å². The van der Waals surface area contributed by atoms with Crippen LogP contribution in [0.2, 0.25) is 0 Å². The molecule has 0 radical (unpaired) electrons. The standard InChI is InChI=1S/C7H8Br2/c1-3-6(8)5-7(9)4-2/h3-5H,1H2,2H3/b6-5+,7-4+. The van der Waals surface area contributed by atoms with Gasteiger partial charge in [-0.05, 0) is 13.0 Å². The zero-order chi connectivity index (χ0) is 7.28. The van der Waals surface area contributed by atoms with Crippen molar-refractivity contribution in [2.24, 2.45) is 0 Å². The van der Waals surface area contributed by atoms with E-state index in [0.29, 0.717) is 0 Å². The van der Waals surface area contributed by atoms with Crippen LogP contribution in [0.4, 0.5) is 0 Å².